The Hall–Kier alpha value is -0.550. The Morgan fingerprint density at radius 1 is 1.60 bits per heavy atom. The fraction of sp³-hybridized carbons (Fsp3) is 0.800. The largest absolute Gasteiger partial charge is 0.316 e. The first-order valence-corrected chi connectivity index (χ1v) is 6.33. The quantitative estimate of drug-likeness (QED) is 0.569. The Kier molecular flexibility index (Phi) is 5.71. The van der Waals surface area contributed by atoms with Crippen LogP contribution in [0.15, 0.2) is 11.5 Å². The molecule has 1 unspecified atom stereocenters. The van der Waals surface area contributed by atoms with E-state index >= 15 is 0 Å². The third-order valence-electron chi connectivity index (χ3n) is 2.12. The van der Waals surface area contributed by atoms with Crippen molar-refractivity contribution in [2.24, 2.45) is 7.05 Å². The summed E-state index contributed by atoms with van der Waals surface area (Å²) in [6.45, 7) is 6.55. The van der Waals surface area contributed by atoms with Crippen LogP contribution in [0, 0.1) is 0 Å². The SMILES string of the molecule is CCCCNCC(C)Sc1ncnn1C. The zero-order chi connectivity index (χ0) is 11.1. The number of thioether (sulfide) groups is 1. The number of rotatable bonds is 7. The molecule has 0 aliphatic heterocycles. The number of aromatic nitrogens is 3. The Labute approximate surface area is 95.9 Å². The van der Waals surface area contributed by atoms with Crippen molar-refractivity contribution in [3.63, 3.8) is 0 Å². The van der Waals surface area contributed by atoms with E-state index in [9.17, 15) is 0 Å². The molecule has 1 aromatic rings. The predicted octanol–water partition coefficient (Wildman–Crippen LogP) is 1.69. The van der Waals surface area contributed by atoms with Crippen LogP contribution >= 0.6 is 11.8 Å². The molecule has 1 rings (SSSR count). The molecule has 0 fully saturated rings. The third-order valence-corrected chi connectivity index (χ3v) is 3.26. The van der Waals surface area contributed by atoms with Crippen LogP contribution in [-0.4, -0.2) is 33.1 Å². The molecule has 1 N–H and O–H groups in total. The topological polar surface area (TPSA) is 42.7 Å². The molecule has 1 heterocycles. The Morgan fingerprint density at radius 3 is 3.00 bits per heavy atom. The maximum Gasteiger partial charge on any atom is 0.186 e. The maximum atomic E-state index is 4.19. The Balaban J connectivity index is 2.18. The highest BCUT2D eigenvalue weighted by Gasteiger charge is 2.07. The van der Waals surface area contributed by atoms with Crippen LogP contribution in [0.25, 0.3) is 0 Å². The molecule has 86 valence electrons. The number of hydrogen-bond acceptors (Lipinski definition) is 4. The zero-order valence-electron chi connectivity index (χ0n) is 9.73. The Bertz CT molecular complexity index is 274. The van der Waals surface area contributed by atoms with Crippen molar-refractivity contribution in [3.05, 3.63) is 6.33 Å². The second-order valence-corrected chi connectivity index (χ2v) is 5.06. The van der Waals surface area contributed by atoms with Gasteiger partial charge in [0.25, 0.3) is 0 Å². The average molecular weight is 228 g/mol. The van der Waals surface area contributed by atoms with Gasteiger partial charge in [0.1, 0.15) is 6.33 Å². The van der Waals surface area contributed by atoms with Crippen LogP contribution in [0.4, 0.5) is 0 Å². The van der Waals surface area contributed by atoms with Crippen molar-refractivity contribution < 1.29 is 0 Å². The van der Waals surface area contributed by atoms with Crippen LogP contribution in [0.3, 0.4) is 0 Å². The van der Waals surface area contributed by atoms with Crippen molar-refractivity contribution in [2.75, 3.05) is 13.1 Å². The van der Waals surface area contributed by atoms with Gasteiger partial charge < -0.3 is 5.32 Å². The summed E-state index contributed by atoms with van der Waals surface area (Å²) in [6.07, 6.45) is 4.10. The predicted molar refractivity (Wildman–Crippen MR) is 64.1 cm³/mol. The van der Waals surface area contributed by atoms with Gasteiger partial charge in [-0.3, -0.25) is 0 Å². The van der Waals surface area contributed by atoms with Gasteiger partial charge >= 0.3 is 0 Å². The minimum Gasteiger partial charge on any atom is -0.316 e. The van der Waals surface area contributed by atoms with Crippen molar-refractivity contribution >= 4 is 11.8 Å². The molecule has 15 heavy (non-hydrogen) atoms. The Morgan fingerprint density at radius 2 is 2.40 bits per heavy atom. The first-order chi connectivity index (χ1) is 7.24. The van der Waals surface area contributed by atoms with Gasteiger partial charge in [-0.05, 0) is 13.0 Å². The molecule has 1 atom stereocenters. The lowest BCUT2D eigenvalue weighted by molar-refractivity contribution is 0.634. The van der Waals surface area contributed by atoms with Gasteiger partial charge in [-0.2, -0.15) is 5.10 Å². The molecule has 0 saturated heterocycles. The maximum absolute atomic E-state index is 4.19. The summed E-state index contributed by atoms with van der Waals surface area (Å²) in [6, 6.07) is 0. The number of nitrogens with one attached hydrogen (secondary N) is 1. The first kappa shape index (κ1) is 12.5. The summed E-state index contributed by atoms with van der Waals surface area (Å²) in [7, 11) is 1.92. The number of aryl methyl sites for hydroxylation is 1. The molecule has 0 aromatic carbocycles. The highest BCUT2D eigenvalue weighted by Crippen LogP contribution is 2.18. The van der Waals surface area contributed by atoms with E-state index in [4.69, 9.17) is 0 Å². The molecule has 0 radical (unpaired) electrons. The zero-order valence-corrected chi connectivity index (χ0v) is 10.5. The number of hydrogen-bond donors (Lipinski definition) is 1. The normalized spacial score (nSPS) is 13.0. The summed E-state index contributed by atoms with van der Waals surface area (Å²) >= 11 is 1.76. The van der Waals surface area contributed by atoms with E-state index in [1.165, 1.54) is 12.8 Å². The van der Waals surface area contributed by atoms with Crippen LogP contribution in [0.1, 0.15) is 26.7 Å². The minimum absolute atomic E-state index is 0.532. The summed E-state index contributed by atoms with van der Waals surface area (Å²) in [4.78, 5) is 4.19. The van der Waals surface area contributed by atoms with E-state index in [0.29, 0.717) is 5.25 Å². The smallest absolute Gasteiger partial charge is 0.186 e. The van der Waals surface area contributed by atoms with Gasteiger partial charge in [-0.25, -0.2) is 9.67 Å². The molecule has 1 aromatic heterocycles. The highest BCUT2D eigenvalue weighted by molar-refractivity contribution is 7.99. The molecular weight excluding hydrogens is 208 g/mol. The van der Waals surface area contributed by atoms with E-state index < -0.39 is 0 Å². The van der Waals surface area contributed by atoms with Crippen molar-refractivity contribution in [1.29, 1.82) is 0 Å². The molecule has 0 amide bonds. The molecule has 0 spiro atoms. The average Bonchev–Trinajstić information content (AvgIpc) is 2.59. The first-order valence-electron chi connectivity index (χ1n) is 5.45. The van der Waals surface area contributed by atoms with Crippen molar-refractivity contribution in [2.45, 2.75) is 37.1 Å². The van der Waals surface area contributed by atoms with Crippen LogP contribution < -0.4 is 5.32 Å². The number of unbranched alkanes of at least 4 members (excludes halogenated alkanes) is 1. The highest BCUT2D eigenvalue weighted by atomic mass is 32.2. The van der Waals surface area contributed by atoms with E-state index in [-0.39, 0.29) is 0 Å². The summed E-state index contributed by atoms with van der Waals surface area (Å²) in [5.74, 6) is 0. The van der Waals surface area contributed by atoms with E-state index in [2.05, 4.69) is 29.2 Å². The number of nitrogens with zero attached hydrogens (tertiary/aromatic N) is 3. The minimum atomic E-state index is 0.532. The molecular formula is C10H20N4S. The van der Waals surface area contributed by atoms with E-state index in [1.54, 1.807) is 18.1 Å². The summed E-state index contributed by atoms with van der Waals surface area (Å²) in [5.41, 5.74) is 0. The monoisotopic (exact) mass is 228 g/mol. The summed E-state index contributed by atoms with van der Waals surface area (Å²) < 4.78 is 1.81. The van der Waals surface area contributed by atoms with Gasteiger partial charge in [0.2, 0.25) is 0 Å². The van der Waals surface area contributed by atoms with Crippen LogP contribution in [0.5, 0.6) is 0 Å². The lowest BCUT2D eigenvalue weighted by Crippen LogP contribution is -2.23. The molecule has 0 saturated carbocycles. The second-order valence-electron chi connectivity index (χ2n) is 3.65. The lowest BCUT2D eigenvalue weighted by atomic mass is 10.3. The van der Waals surface area contributed by atoms with Gasteiger partial charge in [-0.15, -0.1) is 0 Å². The van der Waals surface area contributed by atoms with Crippen molar-refractivity contribution in [1.82, 2.24) is 20.1 Å². The summed E-state index contributed by atoms with van der Waals surface area (Å²) in [5, 5.41) is 9.00. The van der Waals surface area contributed by atoms with Gasteiger partial charge in [0.15, 0.2) is 5.16 Å². The molecule has 0 aliphatic rings. The van der Waals surface area contributed by atoms with Gasteiger partial charge in [0, 0.05) is 18.8 Å². The van der Waals surface area contributed by atoms with E-state index in [0.717, 1.165) is 18.2 Å². The van der Waals surface area contributed by atoms with Gasteiger partial charge in [0.05, 0.1) is 0 Å². The van der Waals surface area contributed by atoms with Crippen molar-refractivity contribution in [3.8, 4) is 0 Å². The fourth-order valence-electron chi connectivity index (χ4n) is 1.22. The van der Waals surface area contributed by atoms with Crippen LogP contribution in [0.2, 0.25) is 0 Å². The van der Waals surface area contributed by atoms with Crippen LogP contribution in [-0.2, 0) is 7.05 Å². The van der Waals surface area contributed by atoms with E-state index in [1.807, 2.05) is 11.7 Å². The fourth-order valence-corrected chi connectivity index (χ4v) is 2.09. The lowest BCUT2D eigenvalue weighted by Gasteiger charge is -2.10. The third kappa shape index (κ3) is 4.66. The molecule has 4 nitrogen and oxygen atoms in total. The molecule has 5 heteroatoms. The van der Waals surface area contributed by atoms with Gasteiger partial charge in [-0.1, -0.05) is 32.0 Å². The standard InChI is InChI=1S/C10H20N4S/c1-4-5-6-11-7-9(2)15-10-12-8-13-14(10)3/h8-9,11H,4-7H2,1-3H3. The molecule has 0 bridgehead atoms. The molecule has 0 aliphatic carbocycles. The second kappa shape index (κ2) is 6.85.